The summed E-state index contributed by atoms with van der Waals surface area (Å²) in [7, 11) is 7.54. The fraction of sp³-hybridized carbons (Fsp3) is 0.511. The summed E-state index contributed by atoms with van der Waals surface area (Å²) in [5, 5.41) is 35.0. The van der Waals surface area contributed by atoms with Crippen molar-refractivity contribution in [2.24, 2.45) is 11.8 Å². The third-order valence-corrected chi connectivity index (χ3v) is 12.1. The van der Waals surface area contributed by atoms with Gasteiger partial charge in [0.25, 0.3) is 0 Å². The van der Waals surface area contributed by atoms with Gasteiger partial charge in [0, 0.05) is 98.6 Å². The lowest BCUT2D eigenvalue weighted by atomic mass is 10.2. The standard InChI is InChI=1S/C7H7Br.3C7H9OP.2C7H8O.C6H14O2.C6H12O2.3C6H12O.C4H7Br.C2H6O.6C2H6.2CH4.FH.HI.H4OP.H2/c8-6-7-4-2-1-3-5-7;3*9-8-6-7-4-2-1-3-5-7;2*8-6-7-4-2-1-3-5-7;2*1-3-8-5-6(2)4-7;3*1-4-7-5-6(2)3;1-4(2)3-5;1-2-3;6*1-2;;;;;1-2;/h1-5H,6H2;3*1-5H,6,9H2;2*1-5,8H,6H2;6-7H,3-5H2,1-2H3;4,6H,3,5H2,1-2H3;3*2,4-5H2,1,3H3;1,3H2,2H3;3H,2H2,1H3;6*1-2H3;2*1H4;2*1H;1H,2H3;1H/q;;;;;;;;;;;;;;;;;;;;;;;+1;. The van der Waals surface area contributed by atoms with E-state index in [0.717, 1.165) is 80.7 Å². The lowest BCUT2D eigenvalue weighted by Gasteiger charge is -2.05. The number of carbonyl (C=O) groups excluding carboxylic acids is 1. The zero-order valence-corrected chi connectivity index (χ0v) is 84.6. The van der Waals surface area contributed by atoms with Gasteiger partial charge in [-0.15, -0.1) is 24.0 Å². The van der Waals surface area contributed by atoms with Crippen LogP contribution in [0.5, 0.6) is 0 Å². The van der Waals surface area contributed by atoms with Crippen LogP contribution in [0.3, 0.4) is 0 Å². The number of benzene rings is 6. The molecule has 5 N–H and O–H groups in total. The molecule has 6 aromatic rings. The van der Waals surface area contributed by atoms with Crippen LogP contribution in [0.15, 0.2) is 231 Å². The molecule has 0 saturated carbocycles. The van der Waals surface area contributed by atoms with Crippen molar-refractivity contribution in [2.75, 3.05) is 84.6 Å². The Hall–Kier alpha value is -3.23. The van der Waals surface area contributed by atoms with Crippen molar-refractivity contribution in [1.29, 1.82) is 0 Å². The molecular formula is C92H177Br2FIO14P4+. The largest absolute Gasteiger partial charge is 0.397 e. The van der Waals surface area contributed by atoms with E-state index in [-0.39, 0.29) is 83.2 Å². The number of carbonyl (C=O) groups is 1. The molecular weight excluding hydrogens is 1760 g/mol. The minimum absolute atomic E-state index is 0. The molecule has 0 heterocycles. The van der Waals surface area contributed by atoms with E-state index in [0.29, 0.717) is 59.5 Å². The van der Waals surface area contributed by atoms with Gasteiger partial charge in [-0.2, -0.15) is 0 Å². The molecule has 0 amide bonds. The molecule has 0 saturated heterocycles. The van der Waals surface area contributed by atoms with E-state index in [9.17, 15) is 4.79 Å². The van der Waals surface area contributed by atoms with Crippen molar-refractivity contribution in [2.45, 2.75) is 219 Å². The number of alkyl halides is 2. The van der Waals surface area contributed by atoms with Crippen LogP contribution in [0.4, 0.5) is 4.70 Å². The van der Waals surface area contributed by atoms with Crippen molar-refractivity contribution in [3.8, 4) is 0 Å². The second-order valence-corrected chi connectivity index (χ2v) is 22.3. The van der Waals surface area contributed by atoms with E-state index in [1.807, 2.05) is 329 Å². The summed E-state index contributed by atoms with van der Waals surface area (Å²) >= 11 is 6.57. The fourth-order valence-electron chi connectivity index (χ4n) is 5.29. The maximum atomic E-state index is 9.93. The Bertz CT molecular complexity index is 2260. The minimum Gasteiger partial charge on any atom is -0.397 e. The van der Waals surface area contributed by atoms with Gasteiger partial charge < -0.3 is 62.5 Å². The van der Waals surface area contributed by atoms with Crippen molar-refractivity contribution in [1.82, 2.24) is 0 Å². The Morgan fingerprint density at radius 3 is 0.719 bits per heavy atom. The number of allylic oxidation sites excluding steroid dienone is 1. The molecule has 0 aromatic heterocycles. The van der Waals surface area contributed by atoms with Crippen LogP contribution in [0.1, 0.15) is 216 Å². The molecule has 0 fully saturated rings. The maximum absolute atomic E-state index is 9.93. The zero-order chi connectivity index (χ0) is 87.9. The van der Waals surface area contributed by atoms with Gasteiger partial charge in [0.05, 0.1) is 66.1 Å². The molecule has 0 aliphatic heterocycles. The van der Waals surface area contributed by atoms with Crippen LogP contribution in [0.2, 0.25) is 0 Å². The molecule has 6 unspecified atom stereocenters. The van der Waals surface area contributed by atoms with Crippen LogP contribution in [-0.2, 0) is 80.4 Å². The number of hydrogen-bond acceptors (Lipinski definition) is 14. The number of ether oxygens (including phenoxy) is 5. The molecule has 0 bridgehead atoms. The van der Waals surface area contributed by atoms with E-state index in [4.69, 9.17) is 62.6 Å². The monoisotopic (exact) mass is 1930 g/mol. The molecule has 114 heavy (non-hydrogen) atoms. The summed E-state index contributed by atoms with van der Waals surface area (Å²) in [4.78, 5) is 17.0. The molecule has 22 heteroatoms. The van der Waals surface area contributed by atoms with E-state index in [2.05, 4.69) is 98.7 Å². The molecule has 6 rings (SSSR count). The average molecular weight is 1940 g/mol. The Morgan fingerprint density at radius 2 is 0.596 bits per heavy atom. The molecule has 0 spiro atoms. The third-order valence-electron chi connectivity index (χ3n) is 9.95. The first-order chi connectivity index (χ1) is 53.2. The van der Waals surface area contributed by atoms with Gasteiger partial charge in [0.1, 0.15) is 15.8 Å². The van der Waals surface area contributed by atoms with Crippen LogP contribution in [0.25, 0.3) is 0 Å². The summed E-state index contributed by atoms with van der Waals surface area (Å²) < 4.78 is 39.5. The fourth-order valence-corrected chi connectivity index (χ4v) is 6.24. The third kappa shape index (κ3) is 172. The quantitative estimate of drug-likeness (QED) is 0.0108. The highest BCUT2D eigenvalue weighted by molar-refractivity contribution is 14.0. The van der Waals surface area contributed by atoms with Crippen LogP contribution in [-0.4, -0.2) is 116 Å². The second kappa shape index (κ2) is 158. The predicted octanol–water partition coefficient (Wildman–Crippen LogP) is 27.1. The van der Waals surface area contributed by atoms with Gasteiger partial charge in [-0.3, -0.25) is 9.60 Å². The second-order valence-electron chi connectivity index (χ2n) is 20.2. The molecule has 0 aliphatic carbocycles. The number of hydrogen-bond donors (Lipinski definition) is 5. The van der Waals surface area contributed by atoms with Crippen molar-refractivity contribution in [3.05, 3.63) is 264 Å². The smallest absolute Gasteiger partial charge is 0.125 e. The first kappa shape index (κ1) is 155. The van der Waals surface area contributed by atoms with Gasteiger partial charge in [0.2, 0.25) is 0 Å². The summed E-state index contributed by atoms with van der Waals surface area (Å²) in [6.07, 6.45) is 0.898. The Labute approximate surface area is 747 Å². The number of rotatable bonds is 27. The van der Waals surface area contributed by atoms with Crippen LogP contribution >= 0.6 is 93.7 Å². The normalized spacial score (nSPS) is 8.58. The highest BCUT2D eigenvalue weighted by Crippen LogP contribution is 2.06. The molecule has 0 radical (unpaired) electrons. The van der Waals surface area contributed by atoms with Gasteiger partial charge in [0.15, 0.2) is 0 Å². The number of halogens is 4. The van der Waals surface area contributed by atoms with Gasteiger partial charge in [-0.25, -0.2) is 0 Å². The Kier molecular flexibility index (Phi) is 214. The Morgan fingerprint density at radius 1 is 0.404 bits per heavy atom. The van der Waals surface area contributed by atoms with Gasteiger partial charge in [-0.1, -0.05) is 374 Å². The molecule has 14 nitrogen and oxygen atoms in total. The zero-order valence-electron chi connectivity index (χ0n) is 74.2. The van der Waals surface area contributed by atoms with Crippen molar-refractivity contribution in [3.63, 3.8) is 0 Å². The highest BCUT2D eigenvalue weighted by atomic mass is 127. The molecule has 676 valence electrons. The van der Waals surface area contributed by atoms with Crippen molar-refractivity contribution < 1.29 is 73.5 Å². The first-order valence-corrected chi connectivity index (χ1v) is 42.5. The van der Waals surface area contributed by atoms with Crippen LogP contribution in [0, 0.1) is 11.8 Å². The Balaban J connectivity index is -0.0000000504. The summed E-state index contributed by atoms with van der Waals surface area (Å²) in [5.74, 6) is 0.338. The minimum atomic E-state index is 0. The average Bonchev–Trinajstić information content (AvgIpc) is 1.03. The van der Waals surface area contributed by atoms with E-state index in [1.165, 1.54) is 27.8 Å². The molecule has 0 aliphatic rings. The number of aldehydes is 1. The summed E-state index contributed by atoms with van der Waals surface area (Å²) in [5.41, 5.74) is 11.3. The molecule has 6 aromatic carbocycles. The summed E-state index contributed by atoms with van der Waals surface area (Å²) in [6.45, 7) is 71.6. The first-order valence-electron chi connectivity index (χ1n) is 38.2. The van der Waals surface area contributed by atoms with E-state index < -0.39 is 0 Å². The SMILES string of the molecule is BrCc1ccccc1.C.C.C=C(C)CBr.C=C(C)COCC.C=C(C)COCC.C=C(C)COCC.CC.CC.CC.CC.CC.CC.CCO.CCOCC(C)C=O.CCOCC(C)CO.F.I.OCc1ccccc1.OCc1ccccc1.O[PH3+].POCc1ccccc1.POCc1ccccc1.POCc1ccccc1.[HH]. The lowest BCUT2D eigenvalue weighted by Crippen LogP contribution is -2.09. The van der Waals surface area contributed by atoms with E-state index in [1.54, 1.807) is 6.92 Å². The van der Waals surface area contributed by atoms with E-state index >= 15 is 0 Å². The number of aliphatic hydroxyl groups is 4. The maximum Gasteiger partial charge on any atom is 0.125 e. The predicted molar refractivity (Wildman–Crippen MR) is 541 cm³/mol. The van der Waals surface area contributed by atoms with Gasteiger partial charge in [-0.05, 0) is 103 Å². The summed E-state index contributed by atoms with van der Waals surface area (Å²) in [6, 6.07) is 59.5. The molecule has 6 atom stereocenters. The topological polar surface area (TPSA) is 192 Å². The highest BCUT2D eigenvalue weighted by Gasteiger charge is 1.97. The van der Waals surface area contributed by atoms with Crippen molar-refractivity contribution >= 4 is 100.0 Å². The van der Waals surface area contributed by atoms with Gasteiger partial charge >= 0.3 is 0 Å². The van der Waals surface area contributed by atoms with Crippen LogP contribution < -0.4 is 0 Å². The lowest BCUT2D eigenvalue weighted by molar-refractivity contribution is -0.112. The number of aliphatic hydroxyl groups excluding tert-OH is 4.